The van der Waals surface area contributed by atoms with Crippen LogP contribution in [0.15, 0.2) is 97.1 Å². The van der Waals surface area contributed by atoms with Crippen molar-refractivity contribution in [1.82, 2.24) is 36.8 Å². The zero-order valence-corrected chi connectivity index (χ0v) is 49.0. The average molecular weight is 1170 g/mol. The number of phenols is 2. The van der Waals surface area contributed by atoms with Crippen molar-refractivity contribution in [1.29, 1.82) is 0 Å². The molecule has 15 N–H and O–H groups in total. The van der Waals surface area contributed by atoms with E-state index >= 15 is 0 Å². The lowest BCUT2D eigenvalue weighted by Crippen LogP contribution is -2.52. The number of aromatic hydroxyl groups is 2. The monoisotopic (exact) mass is 1160 g/mol. The van der Waals surface area contributed by atoms with Crippen molar-refractivity contribution >= 4 is 75.6 Å². The number of aliphatic hydroxyl groups is 1. The molecule has 4 aromatic rings. The summed E-state index contributed by atoms with van der Waals surface area (Å²) >= 11 is 0. The Bertz CT molecular complexity index is 2470. The maximum Gasteiger partial charge on any atom is 0.248 e. The van der Waals surface area contributed by atoms with E-state index < -0.39 is 41.8 Å². The highest BCUT2D eigenvalue weighted by atomic mass is 33.1. The molecule has 0 fully saturated rings. The maximum absolute atomic E-state index is 12.6. The second-order valence-corrected chi connectivity index (χ2v) is 20.6. The Hall–Kier alpha value is -7.51. The van der Waals surface area contributed by atoms with Crippen LogP contribution in [0.3, 0.4) is 0 Å². The molecule has 0 radical (unpaired) electrons. The molecule has 0 saturated heterocycles. The first-order chi connectivity index (χ1) is 38.6. The van der Waals surface area contributed by atoms with Gasteiger partial charge in [0, 0.05) is 50.3 Å². The van der Waals surface area contributed by atoms with Gasteiger partial charge >= 0.3 is 0 Å². The summed E-state index contributed by atoms with van der Waals surface area (Å²) in [6.45, 7) is 8.04. The predicted molar refractivity (Wildman–Crippen MR) is 319 cm³/mol. The molecule has 0 aliphatic heterocycles. The van der Waals surface area contributed by atoms with Gasteiger partial charge in [-0.3, -0.25) is 38.4 Å². The summed E-state index contributed by atoms with van der Waals surface area (Å²) in [6.07, 6.45) is 6.46. The van der Waals surface area contributed by atoms with Crippen molar-refractivity contribution in [3.63, 3.8) is 0 Å². The Morgan fingerprint density at radius 1 is 0.704 bits per heavy atom. The molecule has 4 unspecified atom stereocenters. The average Bonchev–Trinajstić information content (AvgIpc) is 3.44. The van der Waals surface area contributed by atoms with Crippen molar-refractivity contribution in [2.75, 3.05) is 58.9 Å². The smallest absolute Gasteiger partial charge is 0.248 e. The lowest BCUT2D eigenvalue weighted by atomic mass is 10.1. The lowest BCUT2D eigenvalue weighted by Gasteiger charge is -2.27. The fourth-order valence-electron chi connectivity index (χ4n) is 6.79. The van der Waals surface area contributed by atoms with Gasteiger partial charge in [0.1, 0.15) is 35.9 Å². The van der Waals surface area contributed by atoms with Crippen LogP contribution in [0.1, 0.15) is 77.7 Å². The molecule has 81 heavy (non-hydrogen) atoms. The van der Waals surface area contributed by atoms with E-state index in [1.54, 1.807) is 72.0 Å². The van der Waals surface area contributed by atoms with E-state index in [1.165, 1.54) is 47.3 Å². The molecule has 0 aliphatic carbocycles. The number of carbonyl (C=O) groups excluding carboxylic acids is 9. The van der Waals surface area contributed by atoms with Crippen molar-refractivity contribution < 1.29 is 58.5 Å². The van der Waals surface area contributed by atoms with Gasteiger partial charge in [-0.15, -0.1) is 0 Å². The molecule has 8 amide bonds. The zero-order valence-electron chi connectivity index (χ0n) is 47.4. The van der Waals surface area contributed by atoms with E-state index in [0.29, 0.717) is 62.5 Å². The van der Waals surface area contributed by atoms with Crippen molar-refractivity contribution in [2.45, 2.75) is 96.8 Å². The number of carbonyl (C=O) groups is 9. The fourth-order valence-corrected chi connectivity index (χ4v) is 8.23. The Morgan fingerprint density at radius 3 is 1.69 bits per heavy atom. The molecule has 22 nitrogen and oxygen atoms in total. The Kier molecular flexibility index (Phi) is 40.2. The number of rotatable bonds is 29. The quantitative estimate of drug-likeness (QED) is 0.0210. The first-order valence-electron chi connectivity index (χ1n) is 26.0. The number of phenolic OH excluding ortho intramolecular Hbond substituents is 2. The molecular formula is C57H84N10O12S2. The van der Waals surface area contributed by atoms with Crippen LogP contribution in [0.25, 0.3) is 0 Å². The molecular weight excluding hydrogens is 1080 g/mol. The molecule has 4 atom stereocenters. The highest BCUT2D eigenvalue weighted by Crippen LogP contribution is 2.18. The molecule has 0 aliphatic rings. The van der Waals surface area contributed by atoms with Crippen LogP contribution >= 0.6 is 21.6 Å². The van der Waals surface area contributed by atoms with Gasteiger partial charge in [-0.2, -0.15) is 0 Å². The highest BCUT2D eigenvalue weighted by molar-refractivity contribution is 8.76. The number of benzene rings is 4. The number of nitrogens with one attached hydrogen (secondary N) is 6. The summed E-state index contributed by atoms with van der Waals surface area (Å²) in [4.78, 5) is 105. The van der Waals surface area contributed by atoms with Gasteiger partial charge in [0.15, 0.2) is 0 Å². The number of aryl methyl sites for hydroxylation is 3. The van der Waals surface area contributed by atoms with Gasteiger partial charge in [0.2, 0.25) is 47.8 Å². The van der Waals surface area contributed by atoms with Crippen LogP contribution in [-0.2, 0) is 57.6 Å². The topological polar surface area (TPSA) is 368 Å². The molecule has 0 heterocycles. The minimum atomic E-state index is -0.925. The van der Waals surface area contributed by atoms with E-state index in [9.17, 15) is 48.3 Å². The number of aldehydes is 1. The van der Waals surface area contributed by atoms with E-state index in [1.807, 2.05) is 26.0 Å². The fraction of sp³-hybridized carbons (Fsp3) is 0.421. The molecule has 24 heteroatoms. The van der Waals surface area contributed by atoms with E-state index in [2.05, 4.69) is 69.3 Å². The summed E-state index contributed by atoms with van der Waals surface area (Å²) in [5, 5.41) is 41.6. The Balaban J connectivity index is 0.00000111. The minimum Gasteiger partial charge on any atom is -0.508 e. The van der Waals surface area contributed by atoms with Gasteiger partial charge in [0.05, 0.1) is 19.6 Å². The molecule has 0 aromatic heterocycles. The lowest BCUT2D eigenvalue weighted by molar-refractivity contribution is -0.139. The van der Waals surface area contributed by atoms with Crippen LogP contribution in [-0.4, -0.2) is 157 Å². The van der Waals surface area contributed by atoms with Crippen molar-refractivity contribution in [3.8, 4) is 11.5 Å². The second kappa shape index (κ2) is 44.3. The largest absolute Gasteiger partial charge is 0.508 e. The van der Waals surface area contributed by atoms with E-state index in [-0.39, 0.29) is 67.9 Å². The number of likely N-dealkylation sites (N-methyl/N-ethyl adjacent to an activating group) is 2. The van der Waals surface area contributed by atoms with Crippen LogP contribution in [0.4, 0.5) is 0 Å². The van der Waals surface area contributed by atoms with Gasteiger partial charge < -0.3 is 74.1 Å². The SMILES string of the molecule is CCO.CN(C(=O)CNC(=O)C(Cc1ccc(O)cc1)NC=O)C(CCCCN)C(=O)NCC=O.CNCC(=O)NC(Cc1ccc(O)cc1)C(N)=O.CSSCC(C)NC(=O)CCc1ccc(C)cc1.Cc1ccc(C(N)=O)cc1. The third kappa shape index (κ3) is 35.0. The minimum absolute atomic E-state index is 0.0740. The first-order valence-corrected chi connectivity index (χ1v) is 28.7. The van der Waals surface area contributed by atoms with Crippen LogP contribution in [0.2, 0.25) is 0 Å². The summed E-state index contributed by atoms with van der Waals surface area (Å²) < 4.78 is 0. The first kappa shape index (κ1) is 73.5. The normalized spacial score (nSPS) is 11.5. The molecule has 4 rings (SSSR count). The molecule has 446 valence electrons. The van der Waals surface area contributed by atoms with Crippen LogP contribution < -0.4 is 49.1 Å². The molecule has 4 aromatic carbocycles. The summed E-state index contributed by atoms with van der Waals surface area (Å²) in [5.74, 6) is -1.49. The number of amides is 8. The molecule has 0 saturated carbocycles. The zero-order chi connectivity index (χ0) is 61.1. The third-order valence-corrected chi connectivity index (χ3v) is 13.2. The number of nitrogens with zero attached hydrogens (tertiary/aromatic N) is 1. The van der Waals surface area contributed by atoms with Crippen molar-refractivity contribution in [2.24, 2.45) is 17.2 Å². The summed E-state index contributed by atoms with van der Waals surface area (Å²) in [5.41, 5.74) is 21.4. The Morgan fingerprint density at radius 2 is 1.22 bits per heavy atom. The predicted octanol–water partition coefficient (Wildman–Crippen LogP) is 2.10. The number of aliphatic hydroxyl groups excluding tert-OH is 1. The Labute approximate surface area is 483 Å². The molecule has 0 bridgehead atoms. The number of hydrogen-bond acceptors (Lipinski definition) is 16. The highest BCUT2D eigenvalue weighted by Gasteiger charge is 2.27. The summed E-state index contributed by atoms with van der Waals surface area (Å²) in [6, 6.07) is 25.8. The van der Waals surface area contributed by atoms with Gasteiger partial charge in [0.25, 0.3) is 0 Å². The third-order valence-electron chi connectivity index (χ3n) is 11.2. The second-order valence-electron chi connectivity index (χ2n) is 18.0. The van der Waals surface area contributed by atoms with Gasteiger partial charge in [-0.05, 0) is 126 Å². The number of nitrogens with two attached hydrogens (primary N) is 3. The number of hydrogen-bond donors (Lipinski definition) is 12. The number of unbranched alkanes of at least 4 members (excludes halogenated alkanes) is 1. The van der Waals surface area contributed by atoms with E-state index in [0.717, 1.165) is 23.3 Å². The van der Waals surface area contributed by atoms with Crippen molar-refractivity contribution in [3.05, 3.63) is 130 Å². The number of primary amides is 2. The van der Waals surface area contributed by atoms with Crippen LogP contribution in [0.5, 0.6) is 11.5 Å². The van der Waals surface area contributed by atoms with E-state index in [4.69, 9.17) is 27.4 Å². The standard InChI is InChI=1S/C21H31N5O6.C14H21NOS2.C12H17N3O3.C8H9NO.C2H6O/c1-26(18(4-2-3-9-22)21(32)23-10-11-27)19(30)13-24-20(31)17(25-14-28)12-15-5-7-16(29)8-6-15;1-11-4-6-13(7-5-11)8-9-14(16)15-12(2)10-18-17-3;1-14-7-11(17)15-10(12(13)18)6-8-2-4-9(16)5-3-8;1-6-2-4-7(5-3-6)8(9)10;1-2-3/h5-8,11,14,17-18,29H,2-4,9-10,12-13,22H2,1H3,(H,23,32)(H,24,31)(H,25,28);4-7,12H,8-10H2,1-3H3,(H,15,16);2-5,10,14,16H,6-7H2,1H3,(H2,13,18)(H,15,17);2-5H,1H3,(H2,9,10);3H,2H2,1H3. The summed E-state index contributed by atoms with van der Waals surface area (Å²) in [7, 11) is 6.59. The maximum atomic E-state index is 12.6. The van der Waals surface area contributed by atoms with Gasteiger partial charge in [-0.25, -0.2) is 0 Å². The van der Waals surface area contributed by atoms with Gasteiger partial charge in [-0.1, -0.05) is 93.4 Å². The van der Waals surface area contributed by atoms with Crippen LogP contribution in [0, 0.1) is 13.8 Å². The molecule has 0 spiro atoms.